The quantitative estimate of drug-likeness (QED) is 0.236. The molecule has 0 aliphatic rings. The minimum Gasteiger partial charge on any atom is -0.461 e. The van der Waals surface area contributed by atoms with Gasteiger partial charge in [0.15, 0.2) is 4.87 Å². The third-order valence-electron chi connectivity index (χ3n) is 1.68. The summed E-state index contributed by atoms with van der Waals surface area (Å²) >= 11 is 5.75. The van der Waals surface area contributed by atoms with Crippen molar-refractivity contribution in [3.8, 4) is 0 Å². The average Bonchev–Trinajstić information content (AvgIpc) is 2.23. The first kappa shape index (κ1) is 14.7. The second kappa shape index (κ2) is 6.33. The molecule has 16 heavy (non-hydrogen) atoms. The smallest absolute Gasteiger partial charge is 0.333 e. The lowest BCUT2D eigenvalue weighted by Crippen LogP contribution is -2.29. The van der Waals surface area contributed by atoms with Crippen LogP contribution in [0.1, 0.15) is 13.8 Å². The van der Waals surface area contributed by atoms with Gasteiger partial charge in [-0.3, -0.25) is 0 Å². The Hall–Kier alpha value is -1.29. The Bertz CT molecular complexity index is 307. The molecule has 1 unspecified atom stereocenters. The number of halogens is 1. The molecule has 0 bridgehead atoms. The van der Waals surface area contributed by atoms with Crippen molar-refractivity contribution >= 4 is 23.5 Å². The number of hydrogen-bond donors (Lipinski definition) is 0. The minimum absolute atomic E-state index is 0.0262. The van der Waals surface area contributed by atoms with Gasteiger partial charge in [0.05, 0.1) is 0 Å². The number of esters is 2. The van der Waals surface area contributed by atoms with Crippen LogP contribution in [0.3, 0.4) is 0 Å². The molecule has 4 nitrogen and oxygen atoms in total. The summed E-state index contributed by atoms with van der Waals surface area (Å²) in [5.74, 6) is -1.15. The van der Waals surface area contributed by atoms with Gasteiger partial charge in [-0.1, -0.05) is 12.7 Å². The van der Waals surface area contributed by atoms with Crippen LogP contribution in [0.2, 0.25) is 0 Å². The van der Waals surface area contributed by atoms with E-state index in [4.69, 9.17) is 21.1 Å². The lowest BCUT2D eigenvalue weighted by Gasteiger charge is -2.15. The Morgan fingerprint density at radius 1 is 1.38 bits per heavy atom. The summed E-state index contributed by atoms with van der Waals surface area (Å²) in [6.07, 6.45) is 1.27. The van der Waals surface area contributed by atoms with E-state index in [0.29, 0.717) is 5.57 Å². The maximum atomic E-state index is 11.3. The van der Waals surface area contributed by atoms with Gasteiger partial charge in [-0.15, -0.1) is 18.2 Å². The van der Waals surface area contributed by atoms with Crippen molar-refractivity contribution < 1.29 is 19.1 Å². The Kier molecular flexibility index (Phi) is 5.82. The van der Waals surface area contributed by atoms with Crippen molar-refractivity contribution in [2.75, 3.05) is 13.2 Å². The molecule has 0 aromatic carbocycles. The molecule has 0 amide bonds. The maximum absolute atomic E-state index is 11.3. The fourth-order valence-electron chi connectivity index (χ4n) is 0.616. The van der Waals surface area contributed by atoms with Gasteiger partial charge < -0.3 is 9.47 Å². The molecule has 0 radical (unpaired) electrons. The summed E-state index contributed by atoms with van der Waals surface area (Å²) in [7, 11) is 0. The summed E-state index contributed by atoms with van der Waals surface area (Å²) in [5.41, 5.74) is 0.291. The third kappa shape index (κ3) is 4.98. The van der Waals surface area contributed by atoms with E-state index in [1.807, 2.05) is 0 Å². The van der Waals surface area contributed by atoms with Crippen molar-refractivity contribution in [3.63, 3.8) is 0 Å². The fourth-order valence-corrected chi connectivity index (χ4v) is 0.671. The van der Waals surface area contributed by atoms with Gasteiger partial charge in [0.1, 0.15) is 13.2 Å². The van der Waals surface area contributed by atoms with Crippen LogP contribution in [-0.4, -0.2) is 30.0 Å². The van der Waals surface area contributed by atoms with Crippen molar-refractivity contribution in [2.45, 2.75) is 18.7 Å². The highest BCUT2D eigenvalue weighted by Crippen LogP contribution is 2.16. The maximum Gasteiger partial charge on any atom is 0.333 e. The molecule has 0 spiro atoms. The van der Waals surface area contributed by atoms with Crippen LogP contribution >= 0.6 is 11.6 Å². The van der Waals surface area contributed by atoms with Crippen LogP contribution in [0.25, 0.3) is 0 Å². The van der Waals surface area contributed by atoms with E-state index in [1.54, 1.807) is 0 Å². The van der Waals surface area contributed by atoms with E-state index in [9.17, 15) is 9.59 Å². The van der Waals surface area contributed by atoms with Crippen LogP contribution in [0.5, 0.6) is 0 Å². The standard InChI is InChI=1S/C11H15ClO4/c1-5-11(4,12)10(14)16-7-6-15-9(13)8(2)3/h5H,1-2,6-7H2,3-4H3. The van der Waals surface area contributed by atoms with Gasteiger partial charge in [0.2, 0.25) is 0 Å². The number of rotatable bonds is 6. The summed E-state index contributed by atoms with van der Waals surface area (Å²) in [5, 5.41) is 0. The normalized spacial score (nSPS) is 13.4. The van der Waals surface area contributed by atoms with Crippen LogP contribution in [-0.2, 0) is 19.1 Å². The molecule has 5 heteroatoms. The molecule has 90 valence electrons. The molecular weight excluding hydrogens is 232 g/mol. The van der Waals surface area contributed by atoms with Crippen molar-refractivity contribution in [1.82, 2.24) is 0 Å². The Morgan fingerprint density at radius 3 is 2.31 bits per heavy atom. The molecule has 0 rings (SSSR count). The highest BCUT2D eigenvalue weighted by molar-refractivity contribution is 6.35. The molecule has 0 aromatic rings. The number of carbonyl (C=O) groups excluding carboxylic acids is 2. The first-order valence-electron chi connectivity index (χ1n) is 4.63. The first-order valence-corrected chi connectivity index (χ1v) is 5.01. The molecule has 0 heterocycles. The first-order chi connectivity index (χ1) is 7.31. The third-order valence-corrected chi connectivity index (χ3v) is 1.99. The van der Waals surface area contributed by atoms with E-state index in [-0.39, 0.29) is 13.2 Å². The zero-order valence-corrected chi connectivity index (χ0v) is 10.2. The second-order valence-electron chi connectivity index (χ2n) is 3.33. The van der Waals surface area contributed by atoms with Gasteiger partial charge >= 0.3 is 11.9 Å². The highest BCUT2D eigenvalue weighted by Gasteiger charge is 2.28. The van der Waals surface area contributed by atoms with E-state index in [1.165, 1.54) is 19.9 Å². The molecule has 0 aliphatic carbocycles. The summed E-state index contributed by atoms with van der Waals surface area (Å²) < 4.78 is 9.49. The molecular formula is C11H15ClO4. The number of ether oxygens (including phenoxy) is 2. The molecule has 0 N–H and O–H groups in total. The Balaban J connectivity index is 3.84. The largest absolute Gasteiger partial charge is 0.461 e. The SMILES string of the molecule is C=CC(C)(Cl)C(=O)OCCOC(=O)C(=C)C. The van der Waals surface area contributed by atoms with Gasteiger partial charge in [-0.2, -0.15) is 0 Å². The highest BCUT2D eigenvalue weighted by atomic mass is 35.5. The zero-order chi connectivity index (χ0) is 12.8. The van der Waals surface area contributed by atoms with E-state index in [2.05, 4.69) is 13.2 Å². The minimum atomic E-state index is -1.25. The van der Waals surface area contributed by atoms with Crippen molar-refractivity contribution in [3.05, 3.63) is 24.8 Å². The molecule has 0 aliphatic heterocycles. The predicted octanol–water partition coefficient (Wildman–Crippen LogP) is 1.83. The molecule has 0 fully saturated rings. The zero-order valence-electron chi connectivity index (χ0n) is 9.42. The Labute approximate surface area is 99.9 Å². The topological polar surface area (TPSA) is 52.6 Å². The number of alkyl halides is 1. The van der Waals surface area contributed by atoms with Gasteiger partial charge in [0.25, 0.3) is 0 Å². The molecule has 0 aromatic heterocycles. The molecule has 0 saturated heterocycles. The van der Waals surface area contributed by atoms with Crippen LogP contribution in [0, 0.1) is 0 Å². The summed E-state index contributed by atoms with van der Waals surface area (Å²) in [4.78, 5) is 21.0. The summed E-state index contributed by atoms with van der Waals surface area (Å²) in [6.45, 7) is 9.73. The monoisotopic (exact) mass is 246 g/mol. The van der Waals surface area contributed by atoms with Gasteiger partial charge in [-0.25, -0.2) is 9.59 Å². The molecule has 0 saturated carbocycles. The average molecular weight is 247 g/mol. The Morgan fingerprint density at radius 2 is 1.88 bits per heavy atom. The van der Waals surface area contributed by atoms with E-state index < -0.39 is 16.8 Å². The van der Waals surface area contributed by atoms with E-state index in [0.717, 1.165) is 0 Å². The van der Waals surface area contributed by atoms with Crippen molar-refractivity contribution in [1.29, 1.82) is 0 Å². The van der Waals surface area contributed by atoms with Crippen LogP contribution in [0.4, 0.5) is 0 Å². The van der Waals surface area contributed by atoms with Gasteiger partial charge in [-0.05, 0) is 13.8 Å². The summed E-state index contributed by atoms with van der Waals surface area (Å²) in [6, 6.07) is 0. The predicted molar refractivity (Wildman–Crippen MR) is 61.2 cm³/mol. The fraction of sp³-hybridized carbons (Fsp3) is 0.455. The van der Waals surface area contributed by atoms with Gasteiger partial charge in [0, 0.05) is 5.57 Å². The number of carbonyl (C=O) groups is 2. The van der Waals surface area contributed by atoms with Crippen LogP contribution < -0.4 is 0 Å². The van der Waals surface area contributed by atoms with E-state index >= 15 is 0 Å². The lowest BCUT2D eigenvalue weighted by molar-refractivity contribution is -0.151. The van der Waals surface area contributed by atoms with Crippen molar-refractivity contribution in [2.24, 2.45) is 0 Å². The number of hydrogen-bond acceptors (Lipinski definition) is 4. The molecule has 1 atom stereocenters. The van der Waals surface area contributed by atoms with Crippen LogP contribution in [0.15, 0.2) is 24.8 Å². The lowest BCUT2D eigenvalue weighted by atomic mass is 10.2. The second-order valence-corrected chi connectivity index (χ2v) is 4.12.